The zero-order valence-corrected chi connectivity index (χ0v) is 8.22. The Morgan fingerprint density at radius 2 is 1.69 bits per heavy atom. The molecule has 0 saturated heterocycles. The summed E-state index contributed by atoms with van der Waals surface area (Å²) in [6.45, 7) is 10.2. The SMILES string of the molecule is C=C(C)C(C(=C)C(=O)OC)C(C)=O. The molecule has 0 aliphatic rings. The zero-order valence-electron chi connectivity index (χ0n) is 8.22. The summed E-state index contributed by atoms with van der Waals surface area (Å²) in [6.07, 6.45) is 0. The second-order valence-corrected chi connectivity index (χ2v) is 2.91. The Labute approximate surface area is 78.1 Å². The molecule has 3 heteroatoms. The maximum atomic E-state index is 11.1. The Hall–Kier alpha value is -1.38. The van der Waals surface area contributed by atoms with E-state index < -0.39 is 11.9 Å². The summed E-state index contributed by atoms with van der Waals surface area (Å²) in [7, 11) is 1.25. The molecular weight excluding hydrogens is 168 g/mol. The van der Waals surface area contributed by atoms with Crippen molar-refractivity contribution in [3.8, 4) is 0 Å². The van der Waals surface area contributed by atoms with Gasteiger partial charge in [0.25, 0.3) is 0 Å². The van der Waals surface area contributed by atoms with Crippen LogP contribution in [0.5, 0.6) is 0 Å². The van der Waals surface area contributed by atoms with Gasteiger partial charge in [0.2, 0.25) is 0 Å². The summed E-state index contributed by atoms with van der Waals surface area (Å²) >= 11 is 0. The summed E-state index contributed by atoms with van der Waals surface area (Å²) < 4.78 is 4.46. The van der Waals surface area contributed by atoms with Crippen molar-refractivity contribution in [2.24, 2.45) is 5.92 Å². The first-order valence-electron chi connectivity index (χ1n) is 3.84. The molecule has 3 nitrogen and oxygen atoms in total. The van der Waals surface area contributed by atoms with E-state index in [1.54, 1.807) is 6.92 Å². The Balaban J connectivity index is 4.77. The summed E-state index contributed by atoms with van der Waals surface area (Å²) in [4.78, 5) is 22.2. The normalized spacial score (nSPS) is 11.6. The second kappa shape index (κ2) is 4.60. The molecule has 0 bridgehead atoms. The molecule has 0 rings (SSSR count). The predicted octanol–water partition coefficient (Wildman–Crippen LogP) is 1.50. The van der Waals surface area contributed by atoms with Gasteiger partial charge in [0.15, 0.2) is 0 Å². The Kier molecular flexibility index (Phi) is 4.11. The molecule has 0 radical (unpaired) electrons. The number of carbonyl (C=O) groups excluding carboxylic acids is 2. The van der Waals surface area contributed by atoms with Gasteiger partial charge in [-0.2, -0.15) is 0 Å². The van der Waals surface area contributed by atoms with Crippen molar-refractivity contribution in [3.63, 3.8) is 0 Å². The third-order valence-electron chi connectivity index (χ3n) is 1.70. The topological polar surface area (TPSA) is 43.4 Å². The highest BCUT2D eigenvalue weighted by Crippen LogP contribution is 2.19. The first-order chi connectivity index (χ1) is 5.91. The van der Waals surface area contributed by atoms with Crippen molar-refractivity contribution in [3.05, 3.63) is 24.3 Å². The van der Waals surface area contributed by atoms with Gasteiger partial charge < -0.3 is 4.74 Å². The van der Waals surface area contributed by atoms with E-state index in [9.17, 15) is 9.59 Å². The molecule has 0 aromatic heterocycles. The van der Waals surface area contributed by atoms with Crippen LogP contribution in [0.1, 0.15) is 13.8 Å². The average Bonchev–Trinajstić information content (AvgIpc) is 2.01. The lowest BCUT2D eigenvalue weighted by atomic mass is 9.90. The molecule has 13 heavy (non-hydrogen) atoms. The molecule has 0 heterocycles. The van der Waals surface area contributed by atoms with Gasteiger partial charge in [0.1, 0.15) is 5.78 Å². The second-order valence-electron chi connectivity index (χ2n) is 2.91. The Morgan fingerprint density at radius 3 is 1.92 bits per heavy atom. The summed E-state index contributed by atoms with van der Waals surface area (Å²) in [5.41, 5.74) is 0.741. The number of allylic oxidation sites excluding steroid dienone is 1. The number of ketones is 1. The van der Waals surface area contributed by atoms with Gasteiger partial charge in [0, 0.05) is 5.57 Å². The van der Waals surface area contributed by atoms with Crippen molar-refractivity contribution >= 4 is 11.8 Å². The number of carbonyl (C=O) groups is 2. The third-order valence-corrected chi connectivity index (χ3v) is 1.70. The van der Waals surface area contributed by atoms with Gasteiger partial charge >= 0.3 is 5.97 Å². The van der Waals surface area contributed by atoms with Crippen LogP contribution in [0.15, 0.2) is 24.3 Å². The molecule has 0 aliphatic carbocycles. The molecule has 0 N–H and O–H groups in total. The Morgan fingerprint density at radius 1 is 1.23 bits per heavy atom. The van der Waals surface area contributed by atoms with Crippen LogP contribution in [0, 0.1) is 5.92 Å². The van der Waals surface area contributed by atoms with Crippen molar-refractivity contribution in [1.82, 2.24) is 0 Å². The number of methoxy groups -OCH3 is 1. The average molecular weight is 182 g/mol. The number of esters is 1. The number of hydrogen-bond donors (Lipinski definition) is 0. The van der Waals surface area contributed by atoms with Crippen LogP contribution in [-0.2, 0) is 14.3 Å². The fourth-order valence-electron chi connectivity index (χ4n) is 1.14. The van der Waals surface area contributed by atoms with Gasteiger partial charge in [0.05, 0.1) is 13.0 Å². The number of ether oxygens (including phenoxy) is 1. The van der Waals surface area contributed by atoms with Gasteiger partial charge in [-0.05, 0) is 13.8 Å². The number of Topliss-reactive ketones (excluding diaryl/α,β-unsaturated/α-hetero) is 1. The van der Waals surface area contributed by atoms with E-state index in [2.05, 4.69) is 17.9 Å². The molecule has 0 amide bonds. The van der Waals surface area contributed by atoms with E-state index in [4.69, 9.17) is 0 Å². The maximum Gasteiger partial charge on any atom is 0.334 e. The van der Waals surface area contributed by atoms with Crippen molar-refractivity contribution in [2.45, 2.75) is 13.8 Å². The van der Waals surface area contributed by atoms with Crippen molar-refractivity contribution in [2.75, 3.05) is 7.11 Å². The summed E-state index contributed by atoms with van der Waals surface area (Å²) in [6, 6.07) is 0. The van der Waals surface area contributed by atoms with Crippen LogP contribution in [0.3, 0.4) is 0 Å². The van der Waals surface area contributed by atoms with E-state index in [1.165, 1.54) is 14.0 Å². The summed E-state index contributed by atoms with van der Waals surface area (Å²) in [5.74, 6) is -1.33. The van der Waals surface area contributed by atoms with Crippen LogP contribution in [0.4, 0.5) is 0 Å². The lowest BCUT2D eigenvalue weighted by molar-refractivity contribution is -0.137. The smallest absolute Gasteiger partial charge is 0.334 e. The van der Waals surface area contributed by atoms with E-state index in [-0.39, 0.29) is 11.4 Å². The molecule has 0 spiro atoms. The Bertz CT molecular complexity index is 249. The lowest BCUT2D eigenvalue weighted by Crippen LogP contribution is -2.20. The number of rotatable bonds is 4. The lowest BCUT2D eigenvalue weighted by Gasteiger charge is -2.14. The van der Waals surface area contributed by atoms with Gasteiger partial charge in [-0.1, -0.05) is 18.7 Å². The molecule has 1 atom stereocenters. The molecular formula is C10H14O3. The molecule has 0 aliphatic heterocycles. The quantitative estimate of drug-likeness (QED) is 0.376. The predicted molar refractivity (Wildman–Crippen MR) is 50.1 cm³/mol. The largest absolute Gasteiger partial charge is 0.466 e. The molecule has 0 saturated carbocycles. The molecule has 0 aromatic carbocycles. The van der Waals surface area contributed by atoms with E-state index >= 15 is 0 Å². The number of hydrogen-bond acceptors (Lipinski definition) is 3. The zero-order chi connectivity index (χ0) is 10.6. The summed E-state index contributed by atoms with van der Waals surface area (Å²) in [5, 5.41) is 0. The van der Waals surface area contributed by atoms with Crippen LogP contribution < -0.4 is 0 Å². The van der Waals surface area contributed by atoms with Crippen LogP contribution in [-0.4, -0.2) is 18.9 Å². The first-order valence-corrected chi connectivity index (χ1v) is 3.84. The van der Waals surface area contributed by atoms with Crippen LogP contribution in [0.2, 0.25) is 0 Å². The molecule has 0 fully saturated rings. The minimum atomic E-state index is -0.618. The highest BCUT2D eigenvalue weighted by atomic mass is 16.5. The van der Waals surface area contributed by atoms with Gasteiger partial charge in [-0.15, -0.1) is 0 Å². The van der Waals surface area contributed by atoms with Crippen molar-refractivity contribution < 1.29 is 14.3 Å². The highest BCUT2D eigenvalue weighted by Gasteiger charge is 2.24. The van der Waals surface area contributed by atoms with Crippen molar-refractivity contribution in [1.29, 1.82) is 0 Å². The van der Waals surface area contributed by atoms with Gasteiger partial charge in [-0.3, -0.25) is 4.79 Å². The molecule has 72 valence electrons. The molecule has 0 aromatic rings. The minimum Gasteiger partial charge on any atom is -0.466 e. The minimum absolute atomic E-state index is 0.141. The van der Waals surface area contributed by atoms with Crippen LogP contribution >= 0.6 is 0 Å². The third kappa shape index (κ3) is 2.86. The first kappa shape index (κ1) is 11.6. The molecule has 1 unspecified atom stereocenters. The van der Waals surface area contributed by atoms with Crippen LogP contribution in [0.25, 0.3) is 0 Å². The van der Waals surface area contributed by atoms with Gasteiger partial charge in [-0.25, -0.2) is 4.79 Å². The fraction of sp³-hybridized carbons (Fsp3) is 0.400. The fourth-order valence-corrected chi connectivity index (χ4v) is 1.14. The van der Waals surface area contributed by atoms with E-state index in [0.717, 1.165) is 0 Å². The van der Waals surface area contributed by atoms with E-state index in [1.807, 2.05) is 0 Å². The maximum absolute atomic E-state index is 11.1. The van der Waals surface area contributed by atoms with E-state index in [0.29, 0.717) is 5.57 Å². The monoisotopic (exact) mass is 182 g/mol. The standard InChI is InChI=1S/C10H14O3/c1-6(2)9(8(4)11)7(3)10(12)13-5/h9H,1,3H2,2,4-5H3. The highest BCUT2D eigenvalue weighted by molar-refractivity contribution is 5.98.